The molecule has 0 aliphatic rings. The molecule has 0 bridgehead atoms. The number of aryl methyl sites for hydroxylation is 1. The average molecular weight is 271 g/mol. The standard InChI is InChI=1S/C11H17N3O3S/c1-4-13-11(15)14-18(16,17)10-6-9(12)5-7(2)8(10)3/h5-6H,4,12H2,1-3H3,(H2,13,14,15). The van der Waals surface area contributed by atoms with Crippen molar-refractivity contribution in [1.82, 2.24) is 10.0 Å². The zero-order chi connectivity index (χ0) is 13.9. The highest BCUT2D eigenvalue weighted by Crippen LogP contribution is 2.22. The van der Waals surface area contributed by atoms with Gasteiger partial charge < -0.3 is 11.1 Å². The van der Waals surface area contributed by atoms with Crippen LogP contribution >= 0.6 is 0 Å². The van der Waals surface area contributed by atoms with Crippen LogP contribution in [0.2, 0.25) is 0 Å². The molecule has 0 fully saturated rings. The predicted molar refractivity (Wildman–Crippen MR) is 69.7 cm³/mol. The largest absolute Gasteiger partial charge is 0.399 e. The molecule has 0 spiro atoms. The van der Waals surface area contributed by atoms with Gasteiger partial charge in [0.1, 0.15) is 0 Å². The Labute approximate surface area is 107 Å². The monoisotopic (exact) mass is 271 g/mol. The van der Waals surface area contributed by atoms with E-state index in [0.717, 1.165) is 5.56 Å². The van der Waals surface area contributed by atoms with Crippen LogP contribution in [0, 0.1) is 13.8 Å². The zero-order valence-electron chi connectivity index (χ0n) is 10.6. The van der Waals surface area contributed by atoms with Gasteiger partial charge in [-0.3, -0.25) is 0 Å². The molecule has 6 nitrogen and oxygen atoms in total. The fraction of sp³-hybridized carbons (Fsp3) is 0.364. The van der Waals surface area contributed by atoms with Gasteiger partial charge in [-0.25, -0.2) is 17.9 Å². The fourth-order valence-corrected chi connectivity index (χ4v) is 2.79. The summed E-state index contributed by atoms with van der Waals surface area (Å²) in [5, 5.41) is 2.36. The van der Waals surface area contributed by atoms with E-state index >= 15 is 0 Å². The number of benzene rings is 1. The van der Waals surface area contributed by atoms with E-state index < -0.39 is 16.1 Å². The summed E-state index contributed by atoms with van der Waals surface area (Å²) in [5.74, 6) is 0. The van der Waals surface area contributed by atoms with Crippen molar-refractivity contribution in [2.75, 3.05) is 12.3 Å². The van der Waals surface area contributed by atoms with Crippen molar-refractivity contribution >= 4 is 21.7 Å². The Hall–Kier alpha value is -1.76. The number of urea groups is 1. The van der Waals surface area contributed by atoms with Crippen LogP contribution in [0.4, 0.5) is 10.5 Å². The Morgan fingerprint density at radius 2 is 1.94 bits per heavy atom. The van der Waals surface area contributed by atoms with Crippen molar-refractivity contribution < 1.29 is 13.2 Å². The van der Waals surface area contributed by atoms with E-state index in [1.54, 1.807) is 26.8 Å². The fourth-order valence-electron chi connectivity index (χ4n) is 1.51. The van der Waals surface area contributed by atoms with Gasteiger partial charge in [0, 0.05) is 12.2 Å². The van der Waals surface area contributed by atoms with E-state index in [4.69, 9.17) is 5.73 Å². The third kappa shape index (κ3) is 3.13. The average Bonchev–Trinajstić information content (AvgIpc) is 2.22. The topological polar surface area (TPSA) is 101 Å². The van der Waals surface area contributed by atoms with E-state index in [1.165, 1.54) is 6.07 Å². The number of carbonyl (C=O) groups is 1. The Morgan fingerprint density at radius 1 is 1.33 bits per heavy atom. The van der Waals surface area contributed by atoms with Crippen molar-refractivity contribution in [1.29, 1.82) is 0 Å². The molecule has 4 N–H and O–H groups in total. The van der Waals surface area contributed by atoms with Crippen LogP contribution in [0.5, 0.6) is 0 Å². The number of anilines is 1. The van der Waals surface area contributed by atoms with Crippen LogP contribution < -0.4 is 15.8 Å². The third-order valence-electron chi connectivity index (χ3n) is 2.50. The van der Waals surface area contributed by atoms with Gasteiger partial charge in [0.05, 0.1) is 4.90 Å². The smallest absolute Gasteiger partial charge is 0.328 e. The minimum absolute atomic E-state index is 0.0197. The molecular weight excluding hydrogens is 254 g/mol. The maximum absolute atomic E-state index is 12.0. The SMILES string of the molecule is CCNC(=O)NS(=O)(=O)c1cc(N)cc(C)c1C. The summed E-state index contributed by atoms with van der Waals surface area (Å²) in [6.45, 7) is 5.47. The first kappa shape index (κ1) is 14.3. The Balaban J connectivity index is 3.17. The second-order valence-corrected chi connectivity index (χ2v) is 5.58. The molecule has 0 heterocycles. The molecule has 0 saturated heterocycles. The van der Waals surface area contributed by atoms with Crippen LogP contribution in [0.25, 0.3) is 0 Å². The molecule has 0 saturated carbocycles. The van der Waals surface area contributed by atoms with E-state index in [-0.39, 0.29) is 4.90 Å². The number of carbonyl (C=O) groups excluding carboxylic acids is 1. The van der Waals surface area contributed by atoms with E-state index in [9.17, 15) is 13.2 Å². The van der Waals surface area contributed by atoms with Gasteiger partial charge in [0.25, 0.3) is 10.0 Å². The Morgan fingerprint density at radius 3 is 2.50 bits per heavy atom. The quantitative estimate of drug-likeness (QED) is 0.711. The molecule has 100 valence electrons. The van der Waals surface area contributed by atoms with Gasteiger partial charge in [-0.2, -0.15) is 0 Å². The molecule has 0 aliphatic heterocycles. The van der Waals surface area contributed by atoms with Crippen LogP contribution in [0.3, 0.4) is 0 Å². The van der Waals surface area contributed by atoms with Crippen molar-refractivity contribution in [2.24, 2.45) is 0 Å². The lowest BCUT2D eigenvalue weighted by atomic mass is 10.1. The maximum Gasteiger partial charge on any atom is 0.328 e. The van der Waals surface area contributed by atoms with Gasteiger partial charge >= 0.3 is 6.03 Å². The lowest BCUT2D eigenvalue weighted by molar-refractivity contribution is 0.246. The molecule has 0 unspecified atom stereocenters. The maximum atomic E-state index is 12.0. The second kappa shape index (κ2) is 5.26. The molecule has 1 rings (SSSR count). The number of hydrogen-bond acceptors (Lipinski definition) is 4. The lowest BCUT2D eigenvalue weighted by Crippen LogP contribution is -2.39. The molecule has 1 aromatic rings. The molecule has 1 aromatic carbocycles. The number of sulfonamides is 1. The Kier molecular flexibility index (Phi) is 4.18. The number of nitrogens with one attached hydrogen (secondary N) is 2. The first-order valence-corrected chi connectivity index (χ1v) is 6.93. The second-order valence-electron chi connectivity index (χ2n) is 3.93. The summed E-state index contributed by atoms with van der Waals surface area (Å²) in [5.41, 5.74) is 7.29. The number of hydrogen-bond donors (Lipinski definition) is 3. The number of nitrogen functional groups attached to an aromatic ring is 1. The van der Waals surface area contributed by atoms with Crippen LogP contribution in [-0.2, 0) is 10.0 Å². The summed E-state index contributed by atoms with van der Waals surface area (Å²) in [7, 11) is -3.90. The molecule has 0 atom stereocenters. The molecule has 2 amide bonds. The number of amides is 2. The Bertz CT molecular complexity index is 567. The highest BCUT2D eigenvalue weighted by atomic mass is 32.2. The first-order valence-electron chi connectivity index (χ1n) is 5.45. The molecule has 0 aromatic heterocycles. The van der Waals surface area contributed by atoms with Gasteiger partial charge in [0.15, 0.2) is 0 Å². The van der Waals surface area contributed by atoms with Crippen molar-refractivity contribution in [3.8, 4) is 0 Å². The van der Waals surface area contributed by atoms with Crippen LogP contribution in [0.1, 0.15) is 18.1 Å². The predicted octanol–water partition coefficient (Wildman–Crippen LogP) is 0.893. The van der Waals surface area contributed by atoms with E-state index in [1.807, 2.05) is 4.72 Å². The molecule has 0 radical (unpaired) electrons. The summed E-state index contributed by atoms with van der Waals surface area (Å²) in [6, 6.07) is 2.27. The molecular formula is C11H17N3O3S. The number of nitrogens with two attached hydrogens (primary N) is 1. The first-order chi connectivity index (χ1) is 8.27. The van der Waals surface area contributed by atoms with Crippen molar-refractivity contribution in [3.05, 3.63) is 23.3 Å². The van der Waals surface area contributed by atoms with Crippen molar-refractivity contribution in [2.45, 2.75) is 25.7 Å². The third-order valence-corrected chi connectivity index (χ3v) is 3.95. The van der Waals surface area contributed by atoms with Crippen LogP contribution in [0.15, 0.2) is 17.0 Å². The summed E-state index contributed by atoms with van der Waals surface area (Å²) >= 11 is 0. The summed E-state index contributed by atoms with van der Waals surface area (Å²) in [4.78, 5) is 11.3. The van der Waals surface area contributed by atoms with Crippen molar-refractivity contribution in [3.63, 3.8) is 0 Å². The van der Waals surface area contributed by atoms with Gasteiger partial charge in [-0.05, 0) is 44.0 Å². The molecule has 18 heavy (non-hydrogen) atoms. The normalized spacial score (nSPS) is 11.1. The minimum atomic E-state index is -3.90. The van der Waals surface area contributed by atoms with E-state index in [2.05, 4.69) is 5.32 Å². The number of rotatable bonds is 3. The van der Waals surface area contributed by atoms with E-state index in [0.29, 0.717) is 17.8 Å². The molecule has 0 aliphatic carbocycles. The summed E-state index contributed by atoms with van der Waals surface area (Å²) < 4.78 is 26.0. The highest BCUT2D eigenvalue weighted by Gasteiger charge is 2.20. The molecule has 7 heteroatoms. The van der Waals surface area contributed by atoms with Gasteiger partial charge in [-0.15, -0.1) is 0 Å². The highest BCUT2D eigenvalue weighted by molar-refractivity contribution is 7.90. The summed E-state index contributed by atoms with van der Waals surface area (Å²) in [6.07, 6.45) is 0. The minimum Gasteiger partial charge on any atom is -0.399 e. The van der Waals surface area contributed by atoms with Gasteiger partial charge in [0.2, 0.25) is 0 Å². The van der Waals surface area contributed by atoms with Gasteiger partial charge in [-0.1, -0.05) is 0 Å². The lowest BCUT2D eigenvalue weighted by Gasteiger charge is -2.12. The van der Waals surface area contributed by atoms with Crippen LogP contribution in [-0.4, -0.2) is 21.0 Å². The zero-order valence-corrected chi connectivity index (χ0v) is 11.4.